The van der Waals surface area contributed by atoms with E-state index in [0.717, 1.165) is 24.8 Å². The van der Waals surface area contributed by atoms with Crippen LogP contribution in [0.3, 0.4) is 0 Å². The zero-order valence-electron chi connectivity index (χ0n) is 16.3. The van der Waals surface area contributed by atoms with Gasteiger partial charge in [-0.3, -0.25) is 9.59 Å². The van der Waals surface area contributed by atoms with E-state index < -0.39 is 11.5 Å². The lowest BCUT2D eigenvalue weighted by Gasteiger charge is -2.17. The van der Waals surface area contributed by atoms with Crippen molar-refractivity contribution in [3.63, 3.8) is 0 Å². The predicted molar refractivity (Wildman–Crippen MR) is 112 cm³/mol. The van der Waals surface area contributed by atoms with E-state index in [9.17, 15) is 14.7 Å². The van der Waals surface area contributed by atoms with Crippen molar-refractivity contribution in [2.45, 2.75) is 45.7 Å². The molecule has 3 aromatic rings. The fourth-order valence-corrected chi connectivity index (χ4v) is 3.43. The number of hydrogen-bond donors (Lipinski definition) is 2. The Kier molecular flexibility index (Phi) is 6.14. The van der Waals surface area contributed by atoms with Crippen LogP contribution in [0.25, 0.3) is 10.9 Å². The Morgan fingerprint density at radius 2 is 1.75 bits per heavy atom. The summed E-state index contributed by atoms with van der Waals surface area (Å²) in [5, 5.41) is 14.1. The number of pyridine rings is 1. The molecule has 0 bridgehead atoms. The molecule has 2 aromatic carbocycles. The van der Waals surface area contributed by atoms with Gasteiger partial charge in [0, 0.05) is 11.9 Å². The number of nitrogens with one attached hydrogen (secondary N) is 1. The summed E-state index contributed by atoms with van der Waals surface area (Å²) in [7, 11) is 0. The molecule has 0 saturated carbocycles. The molecule has 0 unspecified atom stereocenters. The Bertz CT molecular complexity index is 1030. The van der Waals surface area contributed by atoms with Gasteiger partial charge in [0.1, 0.15) is 11.3 Å². The van der Waals surface area contributed by atoms with Gasteiger partial charge in [0.15, 0.2) is 0 Å². The van der Waals surface area contributed by atoms with Crippen LogP contribution in [0.5, 0.6) is 5.75 Å². The fourth-order valence-electron chi connectivity index (χ4n) is 3.43. The number of aromatic hydroxyl groups is 1. The smallest absolute Gasteiger partial charge is 0.267 e. The number of carbonyl (C=O) groups excluding carboxylic acids is 1. The van der Waals surface area contributed by atoms with Gasteiger partial charge in [0.05, 0.1) is 11.6 Å². The third-order valence-electron chi connectivity index (χ3n) is 5.01. The molecule has 0 aliphatic rings. The van der Waals surface area contributed by atoms with Gasteiger partial charge < -0.3 is 15.0 Å². The Morgan fingerprint density at radius 3 is 2.46 bits per heavy atom. The second-order valence-corrected chi connectivity index (χ2v) is 7.01. The first kappa shape index (κ1) is 19.7. The van der Waals surface area contributed by atoms with Crippen LogP contribution in [0.2, 0.25) is 0 Å². The van der Waals surface area contributed by atoms with Gasteiger partial charge in [0.25, 0.3) is 11.5 Å². The molecule has 0 radical (unpaired) electrons. The molecule has 1 aromatic heterocycles. The topological polar surface area (TPSA) is 71.3 Å². The fraction of sp³-hybridized carbons (Fsp3) is 0.304. The summed E-state index contributed by atoms with van der Waals surface area (Å²) in [4.78, 5) is 26.0. The van der Waals surface area contributed by atoms with E-state index in [-0.39, 0.29) is 17.4 Å². The Balaban J connectivity index is 2.02. The highest BCUT2D eigenvalue weighted by atomic mass is 16.3. The van der Waals surface area contributed by atoms with Crippen LogP contribution in [0.4, 0.5) is 0 Å². The first-order chi connectivity index (χ1) is 13.5. The van der Waals surface area contributed by atoms with Crippen LogP contribution in [0.1, 0.15) is 55.1 Å². The second kappa shape index (κ2) is 8.74. The van der Waals surface area contributed by atoms with E-state index in [2.05, 4.69) is 12.2 Å². The number of unbranched alkanes of at least 4 members (excludes halogenated alkanes) is 2. The van der Waals surface area contributed by atoms with E-state index >= 15 is 0 Å². The molecule has 3 rings (SSSR count). The summed E-state index contributed by atoms with van der Waals surface area (Å²) in [5.41, 5.74) is 0.927. The van der Waals surface area contributed by atoms with Gasteiger partial charge in [-0.25, -0.2) is 0 Å². The zero-order valence-corrected chi connectivity index (χ0v) is 16.3. The van der Waals surface area contributed by atoms with Crippen molar-refractivity contribution >= 4 is 16.8 Å². The Morgan fingerprint density at radius 1 is 1.07 bits per heavy atom. The van der Waals surface area contributed by atoms with Crippen molar-refractivity contribution in [1.29, 1.82) is 0 Å². The molecule has 5 heteroatoms. The lowest BCUT2D eigenvalue weighted by atomic mass is 10.1. The van der Waals surface area contributed by atoms with Gasteiger partial charge in [-0.15, -0.1) is 0 Å². The summed E-state index contributed by atoms with van der Waals surface area (Å²) in [6.07, 6.45) is 2.87. The number of fused-ring (bicyclic) bond motifs is 1. The lowest BCUT2D eigenvalue weighted by molar-refractivity contribution is 0.0935. The molecule has 0 fully saturated rings. The van der Waals surface area contributed by atoms with Crippen LogP contribution in [0, 0.1) is 0 Å². The minimum Gasteiger partial charge on any atom is -0.506 e. The second-order valence-electron chi connectivity index (χ2n) is 7.01. The van der Waals surface area contributed by atoms with Gasteiger partial charge in [-0.05, 0) is 31.0 Å². The molecule has 1 atom stereocenters. The summed E-state index contributed by atoms with van der Waals surface area (Å²) in [6.45, 7) is 4.47. The monoisotopic (exact) mass is 378 g/mol. The third-order valence-corrected chi connectivity index (χ3v) is 5.01. The molecule has 0 aliphatic carbocycles. The number of carbonyl (C=O) groups is 1. The minimum atomic E-state index is -0.561. The molecule has 0 spiro atoms. The maximum absolute atomic E-state index is 13.1. The van der Waals surface area contributed by atoms with E-state index in [1.165, 1.54) is 0 Å². The summed E-state index contributed by atoms with van der Waals surface area (Å²) < 4.78 is 1.60. The van der Waals surface area contributed by atoms with Gasteiger partial charge >= 0.3 is 0 Å². The molecule has 28 heavy (non-hydrogen) atoms. The van der Waals surface area contributed by atoms with Crippen molar-refractivity contribution in [2.75, 3.05) is 0 Å². The van der Waals surface area contributed by atoms with Crippen LogP contribution in [-0.4, -0.2) is 15.6 Å². The Labute approximate surface area is 164 Å². The lowest BCUT2D eigenvalue weighted by Crippen LogP contribution is -2.34. The number of rotatable bonds is 7. The van der Waals surface area contributed by atoms with Gasteiger partial charge in [-0.2, -0.15) is 0 Å². The quantitative estimate of drug-likeness (QED) is 0.599. The van der Waals surface area contributed by atoms with Crippen molar-refractivity contribution in [1.82, 2.24) is 9.88 Å². The van der Waals surface area contributed by atoms with E-state index in [1.807, 2.05) is 43.3 Å². The molecular weight excluding hydrogens is 352 g/mol. The first-order valence-corrected chi connectivity index (χ1v) is 9.75. The molecule has 5 nitrogen and oxygen atoms in total. The number of nitrogens with zero attached hydrogens (tertiary/aromatic N) is 1. The van der Waals surface area contributed by atoms with E-state index in [4.69, 9.17) is 0 Å². The zero-order chi connectivity index (χ0) is 20.1. The van der Waals surface area contributed by atoms with E-state index in [0.29, 0.717) is 17.4 Å². The average Bonchev–Trinajstić information content (AvgIpc) is 2.71. The van der Waals surface area contributed by atoms with Crippen LogP contribution >= 0.6 is 0 Å². The highest BCUT2D eigenvalue weighted by Crippen LogP contribution is 2.27. The normalized spacial score (nSPS) is 12.1. The first-order valence-electron chi connectivity index (χ1n) is 9.75. The van der Waals surface area contributed by atoms with Crippen LogP contribution in [-0.2, 0) is 6.54 Å². The molecule has 1 amide bonds. The molecule has 0 aliphatic heterocycles. The third kappa shape index (κ3) is 3.93. The molecule has 146 valence electrons. The highest BCUT2D eigenvalue weighted by molar-refractivity contribution is 6.02. The van der Waals surface area contributed by atoms with Crippen LogP contribution in [0.15, 0.2) is 59.4 Å². The van der Waals surface area contributed by atoms with Crippen LogP contribution < -0.4 is 10.9 Å². The van der Waals surface area contributed by atoms with Gasteiger partial charge in [0.2, 0.25) is 0 Å². The predicted octanol–water partition coefficient (Wildman–Crippen LogP) is 4.39. The van der Waals surface area contributed by atoms with Crippen molar-refractivity contribution in [2.24, 2.45) is 0 Å². The Hall–Kier alpha value is -3.08. The number of amides is 1. The average molecular weight is 378 g/mol. The number of para-hydroxylation sites is 1. The highest BCUT2D eigenvalue weighted by Gasteiger charge is 2.23. The maximum atomic E-state index is 13.1. The van der Waals surface area contributed by atoms with Crippen molar-refractivity contribution < 1.29 is 9.90 Å². The van der Waals surface area contributed by atoms with Gasteiger partial charge in [-0.1, -0.05) is 62.2 Å². The molecule has 2 N–H and O–H groups in total. The largest absolute Gasteiger partial charge is 0.506 e. The SMILES string of the molecule is CCCCCn1c(=O)c(C(=O)N[C@@H](C)c2ccccc2)c(O)c2ccccc21. The molecule has 1 heterocycles. The molecular formula is C23H26N2O3. The van der Waals surface area contributed by atoms with E-state index in [1.54, 1.807) is 22.8 Å². The number of aryl methyl sites for hydroxylation is 1. The number of benzene rings is 2. The minimum absolute atomic E-state index is 0.196. The number of hydrogen-bond acceptors (Lipinski definition) is 3. The maximum Gasteiger partial charge on any atom is 0.267 e. The number of aromatic nitrogens is 1. The summed E-state index contributed by atoms with van der Waals surface area (Å²) >= 11 is 0. The van der Waals surface area contributed by atoms with Crippen molar-refractivity contribution in [3.8, 4) is 5.75 Å². The summed E-state index contributed by atoms with van der Waals surface area (Å²) in [5.74, 6) is -0.820. The standard InChI is InChI=1S/C23H26N2O3/c1-3-4-10-15-25-19-14-9-8-13-18(19)21(26)20(23(25)28)22(27)24-16(2)17-11-6-5-7-12-17/h5-9,11-14,16,26H,3-4,10,15H2,1-2H3,(H,24,27)/t16-/m0/s1. The summed E-state index contributed by atoms with van der Waals surface area (Å²) in [6, 6.07) is 16.4. The van der Waals surface area contributed by atoms with Crippen molar-refractivity contribution in [3.05, 3.63) is 76.1 Å². The molecule has 0 saturated heterocycles.